The van der Waals surface area contributed by atoms with Crippen LogP contribution in [0.2, 0.25) is 0 Å². The predicted molar refractivity (Wildman–Crippen MR) is 66.4 cm³/mol. The van der Waals surface area contributed by atoms with Crippen molar-refractivity contribution < 1.29 is 9.47 Å². The first-order valence-electron chi connectivity index (χ1n) is 5.58. The van der Waals surface area contributed by atoms with E-state index in [1.54, 1.807) is 0 Å². The quantitative estimate of drug-likeness (QED) is 0.793. The molecule has 2 nitrogen and oxygen atoms in total. The van der Waals surface area contributed by atoms with E-state index in [9.17, 15) is 0 Å². The van der Waals surface area contributed by atoms with Gasteiger partial charge in [-0.25, -0.2) is 0 Å². The molecule has 0 saturated carbocycles. The molecule has 0 spiro atoms. The molecule has 0 bridgehead atoms. The zero-order valence-electron chi connectivity index (χ0n) is 9.30. The van der Waals surface area contributed by atoms with Gasteiger partial charge in [0, 0.05) is 5.56 Å². The second-order valence-electron chi connectivity index (χ2n) is 3.82. The van der Waals surface area contributed by atoms with Gasteiger partial charge in [-0.05, 0) is 12.1 Å². The van der Waals surface area contributed by atoms with Gasteiger partial charge in [0.15, 0.2) is 11.5 Å². The van der Waals surface area contributed by atoms with E-state index >= 15 is 0 Å². The Labute approximate surface area is 100 Å². The van der Waals surface area contributed by atoms with Gasteiger partial charge in [-0.15, -0.1) is 0 Å². The van der Waals surface area contributed by atoms with Crippen LogP contribution in [0.25, 0.3) is 5.76 Å². The van der Waals surface area contributed by atoms with Crippen LogP contribution >= 0.6 is 0 Å². The predicted octanol–water partition coefficient (Wildman–Crippen LogP) is 3.46. The summed E-state index contributed by atoms with van der Waals surface area (Å²) in [5, 5.41) is 0. The number of rotatable bonds is 4. The fourth-order valence-corrected chi connectivity index (χ4v) is 1.67. The average molecular weight is 224 g/mol. The minimum atomic E-state index is 0.494. The van der Waals surface area contributed by atoms with Crippen molar-refractivity contribution in [2.45, 2.75) is 0 Å². The number of hydrogen-bond donors (Lipinski definition) is 0. The summed E-state index contributed by atoms with van der Waals surface area (Å²) in [7, 11) is 0. The Bertz CT molecular complexity index is 529. The lowest BCUT2D eigenvalue weighted by molar-refractivity contribution is 0.318. The van der Waals surface area contributed by atoms with Crippen molar-refractivity contribution in [2.24, 2.45) is 0 Å². The molecule has 0 radical (unpaired) electrons. The molecular formula is C15H12O2. The maximum Gasteiger partial charge on any atom is 0.185 e. The van der Waals surface area contributed by atoms with Crippen molar-refractivity contribution in [3.8, 4) is 5.75 Å². The first kappa shape index (κ1) is 9.97. The highest BCUT2D eigenvalue weighted by atomic mass is 16.6. The standard InChI is InChI=1S/C15H12O2/c1-3-7-12(8-4-1)15-14(17-15)11-16-13-9-5-2-6-10-13/h1-10H,11H2. The van der Waals surface area contributed by atoms with E-state index in [0.717, 1.165) is 22.8 Å². The molecule has 17 heavy (non-hydrogen) atoms. The Balaban J connectivity index is 1.64. The molecule has 0 N–H and O–H groups in total. The number of ether oxygens (including phenoxy) is 2. The number of hydrogen-bond acceptors (Lipinski definition) is 2. The third kappa shape index (κ3) is 2.31. The first-order chi connectivity index (χ1) is 8.43. The molecule has 3 rings (SSSR count). The van der Waals surface area contributed by atoms with E-state index in [4.69, 9.17) is 9.47 Å². The van der Waals surface area contributed by atoms with Gasteiger partial charge in [0.2, 0.25) is 0 Å². The van der Waals surface area contributed by atoms with E-state index in [1.165, 1.54) is 0 Å². The zero-order valence-corrected chi connectivity index (χ0v) is 9.30. The molecule has 0 aromatic heterocycles. The monoisotopic (exact) mass is 224 g/mol. The second-order valence-corrected chi connectivity index (χ2v) is 3.82. The van der Waals surface area contributed by atoms with Crippen molar-refractivity contribution in [1.29, 1.82) is 0 Å². The highest BCUT2D eigenvalue weighted by Crippen LogP contribution is 2.35. The van der Waals surface area contributed by atoms with Crippen LogP contribution in [0.4, 0.5) is 0 Å². The van der Waals surface area contributed by atoms with Crippen LogP contribution in [-0.2, 0) is 4.74 Å². The van der Waals surface area contributed by atoms with Gasteiger partial charge in [0.25, 0.3) is 0 Å². The van der Waals surface area contributed by atoms with E-state index in [0.29, 0.717) is 6.61 Å². The number of para-hydroxylation sites is 1. The molecule has 0 amide bonds. The lowest BCUT2D eigenvalue weighted by Crippen LogP contribution is -1.94. The second kappa shape index (κ2) is 4.34. The van der Waals surface area contributed by atoms with Crippen LogP contribution in [0.1, 0.15) is 5.56 Å². The Kier molecular flexibility index (Phi) is 2.54. The molecule has 2 aromatic rings. The maximum atomic E-state index is 5.60. The van der Waals surface area contributed by atoms with Gasteiger partial charge >= 0.3 is 0 Å². The van der Waals surface area contributed by atoms with Crippen molar-refractivity contribution in [3.63, 3.8) is 0 Å². The molecule has 1 aliphatic rings. The van der Waals surface area contributed by atoms with E-state index in [2.05, 4.69) is 0 Å². The van der Waals surface area contributed by atoms with Crippen molar-refractivity contribution >= 4 is 5.76 Å². The largest absolute Gasteiger partial charge is 0.486 e. The Morgan fingerprint density at radius 3 is 2.18 bits per heavy atom. The van der Waals surface area contributed by atoms with Crippen molar-refractivity contribution in [1.82, 2.24) is 0 Å². The SMILES string of the molecule is c1ccc(OCC2=C(c3ccccc3)O2)cc1. The summed E-state index contributed by atoms with van der Waals surface area (Å²) in [6, 6.07) is 19.8. The lowest BCUT2D eigenvalue weighted by atomic mass is 10.2. The topological polar surface area (TPSA) is 21.8 Å². The maximum absolute atomic E-state index is 5.60. The van der Waals surface area contributed by atoms with Gasteiger partial charge in [-0.1, -0.05) is 48.5 Å². The Hall–Kier alpha value is -2.22. The summed E-state index contributed by atoms with van der Waals surface area (Å²) in [5.74, 6) is 2.73. The number of benzene rings is 2. The Morgan fingerprint density at radius 1 is 0.824 bits per heavy atom. The van der Waals surface area contributed by atoms with Gasteiger partial charge in [0.1, 0.15) is 12.4 Å². The van der Waals surface area contributed by atoms with Crippen molar-refractivity contribution in [2.75, 3.05) is 6.61 Å². The van der Waals surface area contributed by atoms with Crippen LogP contribution in [0.15, 0.2) is 66.4 Å². The molecule has 1 aliphatic heterocycles. The molecule has 0 saturated heterocycles. The summed E-state index contributed by atoms with van der Waals surface area (Å²) in [6.45, 7) is 0.494. The van der Waals surface area contributed by atoms with Gasteiger partial charge in [-0.2, -0.15) is 0 Å². The summed E-state index contributed by atoms with van der Waals surface area (Å²) >= 11 is 0. The van der Waals surface area contributed by atoms with Gasteiger partial charge < -0.3 is 9.47 Å². The fraction of sp³-hybridized carbons (Fsp3) is 0.0667. The first-order valence-corrected chi connectivity index (χ1v) is 5.58. The summed E-state index contributed by atoms with van der Waals surface area (Å²) in [4.78, 5) is 0. The van der Waals surface area contributed by atoms with E-state index in [1.807, 2.05) is 60.7 Å². The van der Waals surface area contributed by atoms with Crippen LogP contribution in [0, 0.1) is 0 Å². The molecule has 0 unspecified atom stereocenters. The molecule has 2 heteroatoms. The zero-order chi connectivity index (χ0) is 11.5. The fourth-order valence-electron chi connectivity index (χ4n) is 1.67. The van der Waals surface area contributed by atoms with Crippen LogP contribution in [-0.4, -0.2) is 6.61 Å². The molecule has 0 aliphatic carbocycles. The third-order valence-electron chi connectivity index (χ3n) is 2.59. The van der Waals surface area contributed by atoms with Crippen LogP contribution in [0.3, 0.4) is 0 Å². The molecular weight excluding hydrogens is 212 g/mol. The minimum absolute atomic E-state index is 0.494. The Morgan fingerprint density at radius 2 is 1.47 bits per heavy atom. The van der Waals surface area contributed by atoms with Crippen LogP contribution < -0.4 is 4.74 Å². The van der Waals surface area contributed by atoms with Crippen LogP contribution in [0.5, 0.6) is 5.75 Å². The highest BCUT2D eigenvalue weighted by molar-refractivity contribution is 5.71. The lowest BCUT2D eigenvalue weighted by Gasteiger charge is -1.99. The average Bonchev–Trinajstić information content (AvgIpc) is 3.18. The molecule has 2 aromatic carbocycles. The van der Waals surface area contributed by atoms with Gasteiger partial charge in [-0.3, -0.25) is 0 Å². The molecule has 84 valence electrons. The van der Waals surface area contributed by atoms with Gasteiger partial charge in [0.05, 0.1) is 0 Å². The molecule has 0 atom stereocenters. The normalized spacial score (nSPS) is 13.2. The summed E-state index contributed by atoms with van der Waals surface area (Å²) in [6.07, 6.45) is 0. The summed E-state index contributed by atoms with van der Waals surface area (Å²) < 4.78 is 11.0. The van der Waals surface area contributed by atoms with E-state index < -0.39 is 0 Å². The van der Waals surface area contributed by atoms with Crippen molar-refractivity contribution in [3.05, 3.63) is 72.0 Å². The molecule has 0 fully saturated rings. The van der Waals surface area contributed by atoms with E-state index in [-0.39, 0.29) is 0 Å². The summed E-state index contributed by atoms with van der Waals surface area (Å²) in [5.41, 5.74) is 1.11. The smallest absolute Gasteiger partial charge is 0.185 e. The third-order valence-corrected chi connectivity index (χ3v) is 2.59. The molecule has 1 heterocycles. The highest BCUT2D eigenvalue weighted by Gasteiger charge is 2.26. The minimum Gasteiger partial charge on any atom is -0.486 e.